The van der Waals surface area contributed by atoms with E-state index in [2.05, 4.69) is 20.4 Å². The lowest BCUT2D eigenvalue weighted by Gasteiger charge is -2.17. The van der Waals surface area contributed by atoms with Gasteiger partial charge in [0.15, 0.2) is 0 Å². The maximum atomic E-state index is 10.2. The maximum Gasteiger partial charge on any atom is 0.104 e. The van der Waals surface area contributed by atoms with Crippen molar-refractivity contribution < 1.29 is 9.84 Å². The summed E-state index contributed by atoms with van der Waals surface area (Å²) in [7, 11) is 0. The summed E-state index contributed by atoms with van der Waals surface area (Å²) in [5.41, 5.74) is 1.02. The number of ether oxygens (including phenoxy) is 1. The van der Waals surface area contributed by atoms with Gasteiger partial charge < -0.3 is 9.84 Å². The van der Waals surface area contributed by atoms with Gasteiger partial charge in [-0.1, -0.05) is 32.4 Å². The molecule has 0 aliphatic carbocycles. The van der Waals surface area contributed by atoms with E-state index in [4.69, 9.17) is 4.74 Å². The Labute approximate surface area is 99.0 Å². The highest BCUT2D eigenvalue weighted by Crippen LogP contribution is 2.32. The third kappa shape index (κ3) is 2.96. The summed E-state index contributed by atoms with van der Waals surface area (Å²) in [6.07, 6.45) is 6.25. The summed E-state index contributed by atoms with van der Waals surface area (Å²) >= 11 is 0. The number of hydrogen-bond donors (Lipinski definition) is 1. The topological polar surface area (TPSA) is 29.5 Å². The number of aliphatic hydroxyl groups excluding tert-OH is 1. The molecule has 0 spiro atoms. The summed E-state index contributed by atoms with van der Waals surface area (Å²) < 4.78 is 5.90. The van der Waals surface area contributed by atoms with Crippen molar-refractivity contribution in [2.24, 2.45) is 5.92 Å². The van der Waals surface area contributed by atoms with Crippen LogP contribution in [0.1, 0.15) is 40.0 Å². The lowest BCUT2D eigenvalue weighted by molar-refractivity contribution is -0.00170. The molecule has 1 N–H and O–H groups in total. The SMILES string of the molecule is C=CC[C@@H]1O[C@H](C[C@H](C)CC)[C@H](O)C1=CC. The monoisotopic (exact) mass is 224 g/mol. The Morgan fingerprint density at radius 2 is 2.25 bits per heavy atom. The molecule has 1 aliphatic heterocycles. The van der Waals surface area contributed by atoms with Crippen LogP contribution in [0.4, 0.5) is 0 Å². The molecule has 16 heavy (non-hydrogen) atoms. The largest absolute Gasteiger partial charge is 0.386 e. The van der Waals surface area contributed by atoms with E-state index in [0.29, 0.717) is 5.92 Å². The van der Waals surface area contributed by atoms with E-state index in [-0.39, 0.29) is 12.2 Å². The third-order valence-electron chi connectivity index (χ3n) is 3.45. The Bertz CT molecular complexity index is 257. The first kappa shape index (κ1) is 13.5. The van der Waals surface area contributed by atoms with E-state index >= 15 is 0 Å². The second-order valence-corrected chi connectivity index (χ2v) is 4.67. The molecule has 4 atom stereocenters. The van der Waals surface area contributed by atoms with Gasteiger partial charge in [-0.05, 0) is 31.3 Å². The van der Waals surface area contributed by atoms with Gasteiger partial charge in [-0.3, -0.25) is 0 Å². The molecule has 92 valence electrons. The van der Waals surface area contributed by atoms with Crippen LogP contribution in [0.2, 0.25) is 0 Å². The van der Waals surface area contributed by atoms with Gasteiger partial charge in [-0.15, -0.1) is 6.58 Å². The molecule has 0 aromatic heterocycles. The van der Waals surface area contributed by atoms with Crippen molar-refractivity contribution >= 4 is 0 Å². The lowest BCUT2D eigenvalue weighted by Crippen LogP contribution is -2.24. The van der Waals surface area contributed by atoms with Crippen LogP contribution in [0.15, 0.2) is 24.3 Å². The first-order valence-electron chi connectivity index (χ1n) is 6.24. The van der Waals surface area contributed by atoms with Crippen LogP contribution < -0.4 is 0 Å². The molecule has 0 aromatic rings. The molecular formula is C14H24O2. The molecule has 0 amide bonds. The average molecular weight is 224 g/mol. The molecule has 0 unspecified atom stereocenters. The van der Waals surface area contributed by atoms with E-state index in [9.17, 15) is 5.11 Å². The molecule has 1 fully saturated rings. The first-order valence-corrected chi connectivity index (χ1v) is 6.24. The zero-order chi connectivity index (χ0) is 12.1. The lowest BCUT2D eigenvalue weighted by atomic mass is 9.95. The molecule has 0 radical (unpaired) electrons. The maximum absolute atomic E-state index is 10.2. The summed E-state index contributed by atoms with van der Waals surface area (Å²) in [6.45, 7) is 10.1. The molecule has 2 heteroatoms. The molecule has 1 saturated heterocycles. The Kier molecular flexibility index (Phi) is 5.23. The Morgan fingerprint density at radius 3 is 2.75 bits per heavy atom. The molecule has 0 aromatic carbocycles. The normalized spacial score (nSPS) is 34.2. The fourth-order valence-electron chi connectivity index (χ4n) is 2.22. The van der Waals surface area contributed by atoms with Crippen molar-refractivity contribution in [3.8, 4) is 0 Å². The van der Waals surface area contributed by atoms with Crippen molar-refractivity contribution in [2.75, 3.05) is 0 Å². The second kappa shape index (κ2) is 6.21. The van der Waals surface area contributed by atoms with Gasteiger partial charge in [0.2, 0.25) is 0 Å². The zero-order valence-corrected chi connectivity index (χ0v) is 10.6. The summed E-state index contributed by atoms with van der Waals surface area (Å²) in [4.78, 5) is 0. The Balaban J connectivity index is 2.66. The summed E-state index contributed by atoms with van der Waals surface area (Å²) in [5.74, 6) is 0.597. The highest BCUT2D eigenvalue weighted by Gasteiger charge is 2.37. The van der Waals surface area contributed by atoms with E-state index in [1.165, 1.54) is 0 Å². The van der Waals surface area contributed by atoms with Crippen molar-refractivity contribution in [1.29, 1.82) is 0 Å². The fraction of sp³-hybridized carbons (Fsp3) is 0.714. The van der Waals surface area contributed by atoms with Gasteiger partial charge >= 0.3 is 0 Å². The van der Waals surface area contributed by atoms with Crippen LogP contribution >= 0.6 is 0 Å². The van der Waals surface area contributed by atoms with Crippen LogP contribution in [-0.4, -0.2) is 23.4 Å². The highest BCUT2D eigenvalue weighted by molar-refractivity contribution is 5.20. The van der Waals surface area contributed by atoms with Gasteiger partial charge in [-0.25, -0.2) is 0 Å². The predicted molar refractivity (Wildman–Crippen MR) is 67.3 cm³/mol. The second-order valence-electron chi connectivity index (χ2n) is 4.67. The van der Waals surface area contributed by atoms with Crippen LogP contribution in [0.25, 0.3) is 0 Å². The molecule has 0 bridgehead atoms. The summed E-state index contributed by atoms with van der Waals surface area (Å²) in [6, 6.07) is 0. The average Bonchev–Trinajstić information content (AvgIpc) is 2.56. The molecule has 1 aliphatic rings. The first-order chi connectivity index (χ1) is 7.63. The van der Waals surface area contributed by atoms with Crippen molar-refractivity contribution in [3.05, 3.63) is 24.3 Å². The van der Waals surface area contributed by atoms with Crippen LogP contribution in [-0.2, 0) is 4.74 Å². The Morgan fingerprint density at radius 1 is 1.56 bits per heavy atom. The minimum Gasteiger partial charge on any atom is -0.386 e. The standard InChI is InChI=1S/C14H24O2/c1-5-8-12-11(7-3)14(15)13(16-12)9-10(4)6-2/h5,7,10,12-15H,1,6,8-9H2,2-4H3/t10-,12+,13-,14-/m1/s1. The molecule has 1 rings (SSSR count). The van der Waals surface area contributed by atoms with Gasteiger partial charge in [0.05, 0.1) is 12.2 Å². The number of hydrogen-bond acceptors (Lipinski definition) is 2. The summed E-state index contributed by atoms with van der Waals surface area (Å²) in [5, 5.41) is 10.2. The Hall–Kier alpha value is -0.600. The van der Waals surface area contributed by atoms with Crippen molar-refractivity contribution in [2.45, 2.75) is 58.3 Å². The van der Waals surface area contributed by atoms with Gasteiger partial charge in [-0.2, -0.15) is 0 Å². The van der Waals surface area contributed by atoms with E-state index in [0.717, 1.165) is 24.8 Å². The fourth-order valence-corrected chi connectivity index (χ4v) is 2.22. The minimum absolute atomic E-state index is 0.0338. The van der Waals surface area contributed by atoms with Gasteiger partial charge in [0, 0.05) is 0 Å². The van der Waals surface area contributed by atoms with Gasteiger partial charge in [0.1, 0.15) is 6.10 Å². The molecule has 0 saturated carbocycles. The van der Waals surface area contributed by atoms with Crippen LogP contribution in [0, 0.1) is 5.92 Å². The quantitative estimate of drug-likeness (QED) is 0.727. The highest BCUT2D eigenvalue weighted by atomic mass is 16.5. The molecule has 2 nitrogen and oxygen atoms in total. The minimum atomic E-state index is -0.427. The van der Waals surface area contributed by atoms with E-state index in [1.807, 2.05) is 19.1 Å². The van der Waals surface area contributed by atoms with Crippen molar-refractivity contribution in [1.82, 2.24) is 0 Å². The van der Waals surface area contributed by atoms with Gasteiger partial charge in [0.25, 0.3) is 0 Å². The molecule has 1 heterocycles. The number of aliphatic hydroxyl groups is 1. The van der Waals surface area contributed by atoms with Crippen LogP contribution in [0.5, 0.6) is 0 Å². The number of allylic oxidation sites excluding steroid dienone is 1. The zero-order valence-electron chi connectivity index (χ0n) is 10.6. The predicted octanol–water partition coefficient (Wildman–Crippen LogP) is 3.07. The third-order valence-corrected chi connectivity index (χ3v) is 3.45. The smallest absolute Gasteiger partial charge is 0.104 e. The van der Waals surface area contributed by atoms with Crippen molar-refractivity contribution in [3.63, 3.8) is 0 Å². The van der Waals surface area contributed by atoms with E-state index < -0.39 is 6.10 Å². The molecular weight excluding hydrogens is 200 g/mol. The van der Waals surface area contributed by atoms with Crippen LogP contribution in [0.3, 0.4) is 0 Å². The number of rotatable bonds is 5. The van der Waals surface area contributed by atoms with E-state index in [1.54, 1.807) is 0 Å².